The monoisotopic (exact) mass is 636 g/mol. The van der Waals surface area contributed by atoms with Crippen LogP contribution in [-0.4, -0.2) is 6.54 Å². The van der Waals surface area contributed by atoms with Crippen molar-refractivity contribution >= 4 is 33.5 Å². The fourth-order valence-corrected chi connectivity index (χ4v) is 7.13. The number of benzene rings is 5. The van der Waals surface area contributed by atoms with Gasteiger partial charge in [0.2, 0.25) is 0 Å². The summed E-state index contributed by atoms with van der Waals surface area (Å²) < 4.78 is 0. The van der Waals surface area contributed by atoms with Crippen molar-refractivity contribution in [2.75, 3.05) is 16.3 Å². The Morgan fingerprint density at radius 2 is 1.41 bits per heavy atom. The Labute approximate surface area is 292 Å². The molecule has 49 heavy (non-hydrogen) atoms. The fourth-order valence-electron chi connectivity index (χ4n) is 7.13. The second kappa shape index (κ2) is 14.7. The van der Waals surface area contributed by atoms with E-state index in [4.69, 9.17) is 0 Å². The molecule has 0 N–H and O–H groups in total. The minimum Gasteiger partial charge on any atom is -0.338 e. The van der Waals surface area contributed by atoms with Crippen molar-refractivity contribution in [1.82, 2.24) is 0 Å². The van der Waals surface area contributed by atoms with Gasteiger partial charge >= 0.3 is 0 Å². The zero-order chi connectivity index (χ0) is 33.6. The highest BCUT2D eigenvalue weighted by Gasteiger charge is 2.25. The van der Waals surface area contributed by atoms with Gasteiger partial charge < -0.3 is 9.80 Å². The third-order valence-corrected chi connectivity index (χ3v) is 9.78. The molecule has 242 valence electrons. The molecule has 0 spiro atoms. The largest absolute Gasteiger partial charge is 0.338 e. The summed E-state index contributed by atoms with van der Waals surface area (Å²) in [6, 6.07) is 43.7. The minimum absolute atomic E-state index is 0.291. The normalized spacial score (nSPS) is 19.4. The second-order valence-electron chi connectivity index (χ2n) is 13.1. The predicted octanol–water partition coefficient (Wildman–Crippen LogP) is 12.5. The Bertz CT molecular complexity index is 2090. The lowest BCUT2D eigenvalue weighted by Crippen LogP contribution is -2.21. The Balaban J connectivity index is 1.16. The van der Waals surface area contributed by atoms with E-state index in [0.29, 0.717) is 17.8 Å². The van der Waals surface area contributed by atoms with E-state index in [1.807, 2.05) is 0 Å². The van der Waals surface area contributed by atoms with Crippen molar-refractivity contribution in [3.63, 3.8) is 0 Å². The molecule has 3 unspecified atom stereocenters. The number of hydrogen-bond donors (Lipinski definition) is 0. The van der Waals surface area contributed by atoms with Gasteiger partial charge in [-0.1, -0.05) is 147 Å². The van der Waals surface area contributed by atoms with Crippen molar-refractivity contribution in [3.8, 4) is 0 Å². The van der Waals surface area contributed by atoms with E-state index in [2.05, 4.69) is 213 Å². The third kappa shape index (κ3) is 7.00. The van der Waals surface area contributed by atoms with Crippen LogP contribution in [0, 0.1) is 18.8 Å². The zero-order valence-corrected chi connectivity index (χ0v) is 28.7. The summed E-state index contributed by atoms with van der Waals surface area (Å²) in [5, 5.41) is 2.49. The first-order chi connectivity index (χ1) is 24.1. The first-order valence-electron chi connectivity index (χ1n) is 17.4. The third-order valence-electron chi connectivity index (χ3n) is 9.78. The molecule has 0 fully saturated rings. The quantitative estimate of drug-likeness (QED) is 0.159. The van der Waals surface area contributed by atoms with E-state index >= 15 is 0 Å². The molecule has 0 bridgehead atoms. The summed E-state index contributed by atoms with van der Waals surface area (Å²) in [4.78, 5) is 4.80. The van der Waals surface area contributed by atoms with Gasteiger partial charge in [0.05, 0.1) is 5.69 Å². The molecule has 2 aliphatic rings. The van der Waals surface area contributed by atoms with E-state index in [-0.39, 0.29) is 0 Å². The number of hydrogen-bond acceptors (Lipinski definition) is 2. The van der Waals surface area contributed by atoms with Gasteiger partial charge in [0.1, 0.15) is 0 Å². The average molecular weight is 637 g/mol. The van der Waals surface area contributed by atoms with Gasteiger partial charge in [0.25, 0.3) is 0 Å². The molecule has 0 saturated carbocycles. The standard InChI is InChI=1S/C47H44N2/c1-35-17-10-11-18-38(35)19-14-15-32-48(40-22-6-4-7-23-40)42-28-30-44(36(2)33-42)45-31-29-43(34-37(45)3)49(41-24-8-5-9-25-41)47-27-16-21-39-20-12-13-26-46(39)47/h4-31,33-35,37,45H,32H2,1-3H3/b15-14-,38-19-. The molecule has 0 radical (unpaired) electrons. The number of fused-ring (bicyclic) bond motifs is 1. The van der Waals surface area contributed by atoms with Crippen molar-refractivity contribution in [2.45, 2.75) is 26.7 Å². The molecule has 5 aromatic rings. The van der Waals surface area contributed by atoms with E-state index in [0.717, 1.165) is 12.2 Å². The molecule has 0 aromatic heterocycles. The van der Waals surface area contributed by atoms with Crippen LogP contribution < -0.4 is 9.80 Å². The molecule has 0 heterocycles. The van der Waals surface area contributed by atoms with Gasteiger partial charge in [-0.25, -0.2) is 0 Å². The van der Waals surface area contributed by atoms with E-state index in [9.17, 15) is 0 Å². The molecule has 0 aliphatic heterocycles. The van der Waals surface area contributed by atoms with Crippen LogP contribution in [0.2, 0.25) is 0 Å². The van der Waals surface area contributed by atoms with Gasteiger partial charge in [-0.3, -0.25) is 0 Å². The Kier molecular flexibility index (Phi) is 9.57. The summed E-state index contributed by atoms with van der Waals surface area (Å²) >= 11 is 0. The molecule has 3 atom stereocenters. The number of rotatable bonds is 9. The zero-order valence-electron chi connectivity index (χ0n) is 28.7. The highest BCUT2D eigenvalue weighted by atomic mass is 15.1. The van der Waals surface area contributed by atoms with Crippen LogP contribution in [0.4, 0.5) is 22.7 Å². The molecule has 0 amide bonds. The summed E-state index contributed by atoms with van der Waals surface area (Å²) in [6.45, 7) is 7.64. The van der Waals surface area contributed by atoms with Crippen molar-refractivity contribution < 1.29 is 0 Å². The van der Waals surface area contributed by atoms with Crippen LogP contribution >= 0.6 is 0 Å². The van der Waals surface area contributed by atoms with Gasteiger partial charge in [-0.15, -0.1) is 0 Å². The molecule has 2 heteroatoms. The summed E-state index contributed by atoms with van der Waals surface area (Å²) in [6.07, 6.45) is 22.5. The van der Waals surface area contributed by atoms with Crippen molar-refractivity contribution in [1.29, 1.82) is 0 Å². The van der Waals surface area contributed by atoms with Crippen LogP contribution in [0.25, 0.3) is 10.8 Å². The second-order valence-corrected chi connectivity index (χ2v) is 13.1. The SMILES string of the molecule is Cc1cc(N(C/C=C\C=C2\C=CC=CC2C)c2ccccc2)ccc1C1C=CC(N(c2ccccc2)c2cccc3ccccc23)=CC1C. The number of nitrogens with zero attached hydrogens (tertiary/aromatic N) is 2. The first-order valence-corrected chi connectivity index (χ1v) is 17.4. The van der Waals surface area contributed by atoms with Gasteiger partial charge in [-0.05, 0) is 89.4 Å². The fraction of sp³-hybridized carbons (Fsp3) is 0.149. The van der Waals surface area contributed by atoms with Gasteiger partial charge in [-0.2, -0.15) is 0 Å². The smallest absolute Gasteiger partial charge is 0.0539 e. The number of allylic oxidation sites excluding steroid dienone is 10. The first kappa shape index (κ1) is 32.0. The summed E-state index contributed by atoms with van der Waals surface area (Å²) in [5.41, 5.74) is 9.96. The van der Waals surface area contributed by atoms with Gasteiger partial charge in [0, 0.05) is 40.6 Å². The summed E-state index contributed by atoms with van der Waals surface area (Å²) in [5.74, 6) is 1.05. The van der Waals surface area contributed by atoms with Gasteiger partial charge in [0.15, 0.2) is 0 Å². The van der Waals surface area contributed by atoms with E-state index in [1.165, 1.54) is 50.2 Å². The van der Waals surface area contributed by atoms with E-state index < -0.39 is 0 Å². The number of para-hydroxylation sites is 2. The maximum atomic E-state index is 2.44. The molecular weight excluding hydrogens is 593 g/mol. The summed E-state index contributed by atoms with van der Waals surface area (Å²) in [7, 11) is 0. The van der Waals surface area contributed by atoms with Crippen LogP contribution in [0.3, 0.4) is 0 Å². The number of anilines is 4. The Hall–Kier alpha value is -5.60. The van der Waals surface area contributed by atoms with Crippen LogP contribution in [0.15, 0.2) is 193 Å². The molecule has 7 rings (SSSR count). The van der Waals surface area contributed by atoms with Crippen molar-refractivity contribution in [2.24, 2.45) is 11.8 Å². The number of aryl methyl sites for hydroxylation is 1. The van der Waals surface area contributed by atoms with E-state index in [1.54, 1.807) is 0 Å². The minimum atomic E-state index is 0.291. The molecule has 2 aliphatic carbocycles. The highest BCUT2D eigenvalue weighted by molar-refractivity contribution is 5.97. The lowest BCUT2D eigenvalue weighted by Gasteiger charge is -2.33. The predicted molar refractivity (Wildman–Crippen MR) is 211 cm³/mol. The highest BCUT2D eigenvalue weighted by Crippen LogP contribution is 2.41. The Morgan fingerprint density at radius 1 is 0.673 bits per heavy atom. The lowest BCUT2D eigenvalue weighted by molar-refractivity contribution is 0.625. The Morgan fingerprint density at radius 3 is 2.16 bits per heavy atom. The molecule has 0 saturated heterocycles. The topological polar surface area (TPSA) is 6.48 Å². The average Bonchev–Trinajstić information content (AvgIpc) is 3.14. The maximum Gasteiger partial charge on any atom is 0.0539 e. The van der Waals surface area contributed by atoms with Crippen LogP contribution in [-0.2, 0) is 0 Å². The molecular formula is C47H44N2. The molecule has 2 nitrogen and oxygen atoms in total. The lowest BCUT2D eigenvalue weighted by atomic mass is 9.81. The van der Waals surface area contributed by atoms with Crippen molar-refractivity contribution in [3.05, 3.63) is 204 Å². The van der Waals surface area contributed by atoms with Crippen LogP contribution in [0.1, 0.15) is 30.9 Å². The molecule has 5 aromatic carbocycles. The van der Waals surface area contributed by atoms with Crippen LogP contribution in [0.5, 0.6) is 0 Å². The maximum absolute atomic E-state index is 2.44.